The van der Waals surface area contributed by atoms with Crippen LogP contribution in [0.3, 0.4) is 0 Å². The Balaban J connectivity index is 1.90. The highest BCUT2D eigenvalue weighted by Crippen LogP contribution is 2.25. The van der Waals surface area contributed by atoms with E-state index < -0.39 is 5.91 Å². The molecular formula is C15H16N2O2S2. The molecule has 0 radical (unpaired) electrons. The second kappa shape index (κ2) is 7.28. The first kappa shape index (κ1) is 15.6. The number of hydrogen-bond acceptors (Lipinski definition) is 4. The fourth-order valence-electron chi connectivity index (χ4n) is 1.68. The molecule has 2 rings (SSSR count). The van der Waals surface area contributed by atoms with Gasteiger partial charge in [-0.05, 0) is 23.9 Å². The summed E-state index contributed by atoms with van der Waals surface area (Å²) >= 11 is 2.85. The van der Waals surface area contributed by atoms with Gasteiger partial charge < -0.3 is 11.1 Å². The Hall–Kier alpha value is -1.79. The first-order valence-electron chi connectivity index (χ1n) is 6.41. The van der Waals surface area contributed by atoms with E-state index in [9.17, 15) is 9.59 Å². The van der Waals surface area contributed by atoms with Gasteiger partial charge in [-0.2, -0.15) is 0 Å². The number of thioether (sulfide) groups is 1. The van der Waals surface area contributed by atoms with Crippen molar-refractivity contribution in [1.29, 1.82) is 0 Å². The van der Waals surface area contributed by atoms with Gasteiger partial charge >= 0.3 is 0 Å². The van der Waals surface area contributed by atoms with Crippen molar-refractivity contribution in [1.82, 2.24) is 0 Å². The molecule has 0 aliphatic carbocycles. The first-order chi connectivity index (χ1) is 10.1. The van der Waals surface area contributed by atoms with E-state index in [0.717, 1.165) is 5.75 Å². The van der Waals surface area contributed by atoms with Crippen LogP contribution in [-0.2, 0) is 10.5 Å². The van der Waals surface area contributed by atoms with Crippen LogP contribution < -0.4 is 11.1 Å². The second-order valence-electron chi connectivity index (χ2n) is 4.46. The topological polar surface area (TPSA) is 72.2 Å². The number of hydrogen-bond donors (Lipinski definition) is 2. The Kier molecular flexibility index (Phi) is 5.41. The smallest absolute Gasteiger partial charge is 0.251 e. The quantitative estimate of drug-likeness (QED) is 0.859. The number of nitrogens with one attached hydrogen (secondary N) is 1. The van der Waals surface area contributed by atoms with Gasteiger partial charge in [0.15, 0.2) is 0 Å². The highest BCUT2D eigenvalue weighted by atomic mass is 32.2. The van der Waals surface area contributed by atoms with Crippen molar-refractivity contribution in [3.63, 3.8) is 0 Å². The third-order valence-electron chi connectivity index (χ3n) is 2.88. The lowest BCUT2D eigenvalue weighted by atomic mass is 10.2. The summed E-state index contributed by atoms with van der Waals surface area (Å²) in [5.74, 6) is 0.111. The molecule has 1 heterocycles. The van der Waals surface area contributed by atoms with Gasteiger partial charge in [0.2, 0.25) is 5.91 Å². The molecule has 2 aromatic rings. The molecule has 0 bridgehead atoms. The number of nitrogens with two attached hydrogens (primary N) is 1. The largest absolute Gasteiger partial charge is 0.366 e. The van der Waals surface area contributed by atoms with E-state index in [2.05, 4.69) is 5.32 Å². The van der Waals surface area contributed by atoms with Gasteiger partial charge in [-0.3, -0.25) is 9.59 Å². The Morgan fingerprint density at radius 1 is 1.29 bits per heavy atom. The van der Waals surface area contributed by atoms with E-state index in [1.165, 1.54) is 16.9 Å². The molecule has 3 N–H and O–H groups in total. The van der Waals surface area contributed by atoms with Crippen LogP contribution in [0.2, 0.25) is 0 Å². The van der Waals surface area contributed by atoms with Crippen molar-refractivity contribution < 1.29 is 9.59 Å². The molecule has 0 aliphatic rings. The Labute approximate surface area is 131 Å². The van der Waals surface area contributed by atoms with E-state index in [4.69, 9.17) is 5.73 Å². The van der Waals surface area contributed by atoms with Gasteiger partial charge in [0, 0.05) is 5.75 Å². The SMILES string of the molecule is CC(SCc1ccccc1)C(=O)Nc1sccc1C(N)=O. The van der Waals surface area contributed by atoms with E-state index in [1.54, 1.807) is 23.2 Å². The van der Waals surface area contributed by atoms with Crippen molar-refractivity contribution in [3.05, 3.63) is 52.9 Å². The van der Waals surface area contributed by atoms with Crippen LogP contribution in [-0.4, -0.2) is 17.1 Å². The molecule has 4 nitrogen and oxygen atoms in total. The van der Waals surface area contributed by atoms with Crippen molar-refractivity contribution >= 4 is 39.9 Å². The highest BCUT2D eigenvalue weighted by molar-refractivity contribution is 7.99. The molecule has 21 heavy (non-hydrogen) atoms. The molecule has 110 valence electrons. The Morgan fingerprint density at radius 2 is 2.00 bits per heavy atom. The monoisotopic (exact) mass is 320 g/mol. The maximum absolute atomic E-state index is 12.1. The lowest BCUT2D eigenvalue weighted by molar-refractivity contribution is -0.115. The average molecular weight is 320 g/mol. The van der Waals surface area contributed by atoms with Crippen LogP contribution in [0.15, 0.2) is 41.8 Å². The van der Waals surface area contributed by atoms with Gasteiger partial charge in [0.05, 0.1) is 10.8 Å². The summed E-state index contributed by atoms with van der Waals surface area (Å²) in [5.41, 5.74) is 6.79. The number of primary amides is 1. The molecule has 0 saturated carbocycles. The van der Waals surface area contributed by atoms with E-state index in [-0.39, 0.29) is 11.2 Å². The molecule has 1 aromatic heterocycles. The lowest BCUT2D eigenvalue weighted by Crippen LogP contribution is -2.23. The van der Waals surface area contributed by atoms with Gasteiger partial charge in [0.1, 0.15) is 5.00 Å². The fraction of sp³-hybridized carbons (Fsp3) is 0.200. The number of carbonyl (C=O) groups is 2. The summed E-state index contributed by atoms with van der Waals surface area (Å²) in [5, 5.41) is 4.80. The van der Waals surface area contributed by atoms with E-state index >= 15 is 0 Å². The van der Waals surface area contributed by atoms with Crippen LogP contribution in [0.5, 0.6) is 0 Å². The molecule has 6 heteroatoms. The zero-order chi connectivity index (χ0) is 15.2. The van der Waals surface area contributed by atoms with Gasteiger partial charge in [-0.15, -0.1) is 23.1 Å². The van der Waals surface area contributed by atoms with Gasteiger partial charge in [0.25, 0.3) is 5.91 Å². The number of carbonyl (C=O) groups excluding carboxylic acids is 2. The van der Waals surface area contributed by atoms with E-state index in [0.29, 0.717) is 10.6 Å². The minimum atomic E-state index is -0.531. The van der Waals surface area contributed by atoms with Crippen LogP contribution in [0.1, 0.15) is 22.8 Å². The molecule has 0 fully saturated rings. The van der Waals surface area contributed by atoms with Crippen molar-refractivity contribution in [2.45, 2.75) is 17.9 Å². The summed E-state index contributed by atoms with van der Waals surface area (Å²) in [7, 11) is 0. The average Bonchev–Trinajstić information content (AvgIpc) is 2.94. The zero-order valence-corrected chi connectivity index (χ0v) is 13.2. The minimum Gasteiger partial charge on any atom is -0.366 e. The molecule has 0 saturated heterocycles. The van der Waals surface area contributed by atoms with Crippen LogP contribution in [0.25, 0.3) is 0 Å². The number of benzene rings is 1. The number of amides is 2. The maximum Gasteiger partial charge on any atom is 0.251 e. The van der Waals surface area contributed by atoms with Crippen LogP contribution >= 0.6 is 23.1 Å². The predicted molar refractivity (Wildman–Crippen MR) is 88.7 cm³/mol. The molecule has 1 aromatic carbocycles. The van der Waals surface area contributed by atoms with Gasteiger partial charge in [-0.25, -0.2) is 0 Å². The molecule has 2 amide bonds. The fourth-order valence-corrected chi connectivity index (χ4v) is 3.33. The minimum absolute atomic E-state index is 0.124. The normalized spacial score (nSPS) is 11.9. The predicted octanol–water partition coefficient (Wildman–Crippen LogP) is 3.11. The first-order valence-corrected chi connectivity index (χ1v) is 8.34. The molecule has 0 aliphatic heterocycles. The molecule has 1 atom stereocenters. The zero-order valence-electron chi connectivity index (χ0n) is 11.5. The molecular weight excluding hydrogens is 304 g/mol. The molecule has 0 spiro atoms. The number of thiophene rings is 1. The Morgan fingerprint density at radius 3 is 2.67 bits per heavy atom. The van der Waals surface area contributed by atoms with Crippen molar-refractivity contribution in [2.24, 2.45) is 5.73 Å². The lowest BCUT2D eigenvalue weighted by Gasteiger charge is -2.11. The number of anilines is 1. The standard InChI is InChI=1S/C15H16N2O2S2/c1-10(21-9-11-5-3-2-4-6-11)14(19)17-15-12(13(16)18)7-8-20-15/h2-8,10H,9H2,1H3,(H2,16,18)(H,17,19). The van der Waals surface area contributed by atoms with Crippen LogP contribution in [0.4, 0.5) is 5.00 Å². The van der Waals surface area contributed by atoms with Crippen molar-refractivity contribution in [2.75, 3.05) is 5.32 Å². The summed E-state index contributed by atoms with van der Waals surface area (Å²) in [6, 6.07) is 11.6. The van der Waals surface area contributed by atoms with E-state index in [1.807, 2.05) is 37.3 Å². The third-order valence-corrected chi connectivity index (χ3v) is 4.92. The third kappa shape index (κ3) is 4.34. The van der Waals surface area contributed by atoms with Crippen LogP contribution in [0, 0.1) is 0 Å². The summed E-state index contributed by atoms with van der Waals surface area (Å²) in [4.78, 5) is 23.3. The Bertz CT molecular complexity index is 626. The summed E-state index contributed by atoms with van der Waals surface area (Å²) < 4.78 is 0. The second-order valence-corrected chi connectivity index (χ2v) is 6.70. The highest BCUT2D eigenvalue weighted by Gasteiger charge is 2.17. The number of rotatable bonds is 6. The molecule has 1 unspecified atom stereocenters. The summed E-state index contributed by atoms with van der Waals surface area (Å²) in [6.45, 7) is 1.85. The van der Waals surface area contributed by atoms with Gasteiger partial charge in [-0.1, -0.05) is 30.3 Å². The summed E-state index contributed by atoms with van der Waals surface area (Å²) in [6.07, 6.45) is 0. The van der Waals surface area contributed by atoms with Crippen molar-refractivity contribution in [3.8, 4) is 0 Å². The maximum atomic E-state index is 12.1.